The topological polar surface area (TPSA) is 44.1 Å². The molecular formula is C16H14F4N2O2. The Morgan fingerprint density at radius 2 is 2.12 bits per heavy atom. The van der Waals surface area contributed by atoms with Crippen LogP contribution in [-0.4, -0.2) is 28.1 Å². The Morgan fingerprint density at radius 1 is 1.38 bits per heavy atom. The zero-order valence-corrected chi connectivity index (χ0v) is 12.6. The minimum Gasteiger partial charge on any atom is -0.428 e. The van der Waals surface area contributed by atoms with Crippen LogP contribution in [-0.2, 0) is 6.54 Å². The van der Waals surface area contributed by atoms with E-state index < -0.39 is 18.3 Å². The summed E-state index contributed by atoms with van der Waals surface area (Å²) >= 11 is 0. The van der Waals surface area contributed by atoms with Crippen molar-refractivity contribution >= 4 is 11.9 Å². The molecule has 4 nitrogen and oxygen atoms in total. The molecule has 0 fully saturated rings. The van der Waals surface area contributed by atoms with Crippen molar-refractivity contribution in [2.45, 2.75) is 26.0 Å². The van der Waals surface area contributed by atoms with Crippen molar-refractivity contribution in [3.8, 4) is 5.75 Å². The predicted molar refractivity (Wildman–Crippen MR) is 79.3 cm³/mol. The molecule has 0 amide bonds. The second-order valence-corrected chi connectivity index (χ2v) is 4.79. The summed E-state index contributed by atoms with van der Waals surface area (Å²) in [7, 11) is 0. The van der Waals surface area contributed by atoms with Gasteiger partial charge in [-0.05, 0) is 36.8 Å². The van der Waals surface area contributed by atoms with Crippen molar-refractivity contribution in [1.29, 1.82) is 0 Å². The van der Waals surface area contributed by atoms with Gasteiger partial charge < -0.3 is 4.74 Å². The molecule has 0 bridgehead atoms. The van der Waals surface area contributed by atoms with Crippen molar-refractivity contribution in [3.05, 3.63) is 53.9 Å². The highest BCUT2D eigenvalue weighted by Crippen LogP contribution is 2.28. The first kappa shape index (κ1) is 17.7. The van der Waals surface area contributed by atoms with Gasteiger partial charge in [0, 0.05) is 12.7 Å². The number of nitrogens with zero attached hydrogens (tertiary/aromatic N) is 2. The maximum absolute atomic E-state index is 12.9. The fourth-order valence-corrected chi connectivity index (χ4v) is 1.81. The average molecular weight is 342 g/mol. The summed E-state index contributed by atoms with van der Waals surface area (Å²) in [6, 6.07) is 6.68. The summed E-state index contributed by atoms with van der Waals surface area (Å²) < 4.78 is 55.6. The van der Waals surface area contributed by atoms with Crippen molar-refractivity contribution < 1.29 is 27.1 Å². The predicted octanol–water partition coefficient (Wildman–Crippen LogP) is 4.04. The maximum Gasteiger partial charge on any atom is 0.461 e. The number of aryl methyl sites for hydroxylation is 1. The number of ether oxygens (including phenoxy) is 1. The molecule has 0 saturated carbocycles. The smallest absolute Gasteiger partial charge is 0.428 e. The zero-order chi connectivity index (χ0) is 17.7. The molecule has 1 aromatic carbocycles. The van der Waals surface area contributed by atoms with Gasteiger partial charge in [0.15, 0.2) is 0 Å². The Kier molecular flexibility index (Phi) is 5.38. The van der Waals surface area contributed by atoms with Crippen LogP contribution >= 0.6 is 0 Å². The number of hydrogen-bond acceptors (Lipinski definition) is 3. The van der Waals surface area contributed by atoms with Crippen LogP contribution in [0.1, 0.15) is 23.0 Å². The molecule has 1 aromatic heterocycles. The van der Waals surface area contributed by atoms with Gasteiger partial charge in [-0.2, -0.15) is 22.7 Å². The fourth-order valence-electron chi connectivity index (χ4n) is 1.81. The lowest BCUT2D eigenvalue weighted by Crippen LogP contribution is -2.33. The first-order valence-corrected chi connectivity index (χ1v) is 7.02. The molecule has 0 spiro atoms. The van der Waals surface area contributed by atoms with Crippen LogP contribution in [0, 0.1) is 0 Å². The molecule has 0 aliphatic heterocycles. The van der Waals surface area contributed by atoms with Gasteiger partial charge in [0.05, 0.1) is 0 Å². The molecule has 0 radical (unpaired) electrons. The number of aromatic nitrogens is 2. The maximum atomic E-state index is 12.9. The molecule has 0 saturated heterocycles. The molecule has 128 valence electrons. The molecule has 8 heteroatoms. The van der Waals surface area contributed by atoms with Crippen LogP contribution in [0.5, 0.6) is 5.75 Å². The minimum atomic E-state index is -4.58. The summed E-state index contributed by atoms with van der Waals surface area (Å²) in [6.45, 7) is 2.49. The number of rotatable bonds is 7. The van der Waals surface area contributed by atoms with E-state index in [1.165, 1.54) is 24.3 Å². The van der Waals surface area contributed by atoms with E-state index in [9.17, 15) is 22.4 Å². The average Bonchev–Trinajstić information content (AvgIpc) is 3.01. The lowest BCUT2D eigenvalue weighted by Gasteiger charge is -2.16. The van der Waals surface area contributed by atoms with Crippen molar-refractivity contribution in [2.75, 3.05) is 0 Å². The Hall–Kier alpha value is -2.64. The summed E-state index contributed by atoms with van der Waals surface area (Å²) in [5.74, 6) is -0.795. The molecule has 2 rings (SSSR count). The standard InChI is InChI=1S/C16H14F4N2O2/c1-2-22-9-8-13(21-22)14(23)7-6-11-4-3-5-12(10-11)24-16(19,20)15(17)18/h3-10,15H,2H2,1H3/b7-6+. The Morgan fingerprint density at radius 3 is 2.75 bits per heavy atom. The second-order valence-electron chi connectivity index (χ2n) is 4.79. The van der Waals surface area contributed by atoms with Crippen LogP contribution in [0.2, 0.25) is 0 Å². The van der Waals surface area contributed by atoms with E-state index in [1.54, 1.807) is 16.9 Å². The van der Waals surface area contributed by atoms with Gasteiger partial charge in [-0.3, -0.25) is 9.48 Å². The van der Waals surface area contributed by atoms with Crippen molar-refractivity contribution in [2.24, 2.45) is 0 Å². The van der Waals surface area contributed by atoms with E-state index in [0.717, 1.165) is 12.1 Å². The highest BCUT2D eigenvalue weighted by molar-refractivity contribution is 6.05. The molecule has 0 atom stereocenters. The van der Waals surface area contributed by atoms with E-state index >= 15 is 0 Å². The lowest BCUT2D eigenvalue weighted by atomic mass is 10.1. The quantitative estimate of drug-likeness (QED) is 0.433. The number of carbonyl (C=O) groups is 1. The van der Waals surface area contributed by atoms with Crippen LogP contribution in [0.3, 0.4) is 0 Å². The van der Waals surface area contributed by atoms with Crippen molar-refractivity contribution in [1.82, 2.24) is 9.78 Å². The first-order chi connectivity index (χ1) is 11.3. The normalized spacial score (nSPS) is 12.1. The monoisotopic (exact) mass is 342 g/mol. The van der Waals surface area contributed by atoms with Crippen LogP contribution in [0.15, 0.2) is 42.6 Å². The first-order valence-electron chi connectivity index (χ1n) is 7.02. The summed E-state index contributed by atoms with van der Waals surface area (Å²) in [5.41, 5.74) is 0.588. The molecule has 1 heterocycles. The number of benzene rings is 1. The molecular weight excluding hydrogens is 328 g/mol. The Labute approximate surface area is 135 Å². The molecule has 0 unspecified atom stereocenters. The van der Waals surface area contributed by atoms with Gasteiger partial charge in [-0.25, -0.2) is 0 Å². The molecule has 2 aromatic rings. The van der Waals surface area contributed by atoms with E-state index in [4.69, 9.17) is 0 Å². The third-order valence-electron chi connectivity index (χ3n) is 3.01. The van der Waals surface area contributed by atoms with Gasteiger partial charge in [0.25, 0.3) is 0 Å². The number of alkyl halides is 4. The van der Waals surface area contributed by atoms with E-state index in [0.29, 0.717) is 12.1 Å². The van der Waals surface area contributed by atoms with Crippen molar-refractivity contribution in [3.63, 3.8) is 0 Å². The number of allylic oxidation sites excluding steroid dienone is 1. The van der Waals surface area contributed by atoms with Gasteiger partial charge >= 0.3 is 12.5 Å². The lowest BCUT2D eigenvalue weighted by molar-refractivity contribution is -0.253. The minimum absolute atomic E-state index is 0.240. The third-order valence-corrected chi connectivity index (χ3v) is 3.01. The Balaban J connectivity index is 2.10. The highest BCUT2D eigenvalue weighted by Gasteiger charge is 2.43. The van der Waals surface area contributed by atoms with E-state index in [1.807, 2.05) is 6.92 Å². The van der Waals surface area contributed by atoms with Gasteiger partial charge in [0.1, 0.15) is 11.4 Å². The largest absolute Gasteiger partial charge is 0.461 e. The third kappa shape index (κ3) is 4.43. The molecule has 0 aliphatic rings. The molecule has 24 heavy (non-hydrogen) atoms. The number of carbonyl (C=O) groups excluding carboxylic acids is 1. The second kappa shape index (κ2) is 7.29. The summed E-state index contributed by atoms with van der Waals surface area (Å²) in [5, 5.41) is 4.04. The van der Waals surface area contributed by atoms with Crippen LogP contribution < -0.4 is 4.74 Å². The van der Waals surface area contributed by atoms with Gasteiger partial charge in [-0.15, -0.1) is 0 Å². The number of ketones is 1. The summed E-state index contributed by atoms with van der Waals surface area (Å²) in [4.78, 5) is 11.9. The van der Waals surface area contributed by atoms with Gasteiger partial charge in [0.2, 0.25) is 5.78 Å². The van der Waals surface area contributed by atoms with Crippen LogP contribution in [0.25, 0.3) is 6.08 Å². The zero-order valence-electron chi connectivity index (χ0n) is 12.6. The van der Waals surface area contributed by atoms with Crippen LogP contribution in [0.4, 0.5) is 17.6 Å². The highest BCUT2D eigenvalue weighted by atomic mass is 19.3. The molecule has 0 aliphatic carbocycles. The van der Waals surface area contributed by atoms with Gasteiger partial charge in [-0.1, -0.05) is 18.2 Å². The SMILES string of the molecule is CCn1ccc(C(=O)/C=C/c2cccc(OC(F)(F)C(F)F)c2)n1. The number of halogens is 4. The summed E-state index contributed by atoms with van der Waals surface area (Å²) in [6.07, 6.45) is -4.28. The van der Waals surface area contributed by atoms with E-state index in [-0.39, 0.29) is 11.5 Å². The fraction of sp³-hybridized carbons (Fsp3) is 0.250. The molecule has 0 N–H and O–H groups in total. The van der Waals surface area contributed by atoms with E-state index in [2.05, 4.69) is 9.84 Å². The Bertz CT molecular complexity index is 741. The number of hydrogen-bond donors (Lipinski definition) is 0.